The number of rotatable bonds is 1. The maximum atomic E-state index is 9.17. The monoisotopic (exact) mass is 161 g/mol. The molecule has 61 valence electrons. The van der Waals surface area contributed by atoms with E-state index in [4.69, 9.17) is 0 Å². The SMILES string of the molecule is [CH2]Cc1c[nH]c2ncc(O)cc12. The van der Waals surface area contributed by atoms with E-state index in [1.807, 2.05) is 6.20 Å². The number of fused-ring (bicyclic) bond motifs is 1. The maximum Gasteiger partial charge on any atom is 0.137 e. The molecule has 0 aliphatic rings. The van der Waals surface area contributed by atoms with Gasteiger partial charge in [0.2, 0.25) is 0 Å². The molecule has 2 aromatic heterocycles. The van der Waals surface area contributed by atoms with Gasteiger partial charge >= 0.3 is 0 Å². The molecule has 0 spiro atoms. The number of nitrogens with one attached hydrogen (secondary N) is 1. The number of hydrogen-bond acceptors (Lipinski definition) is 2. The molecule has 2 rings (SSSR count). The summed E-state index contributed by atoms with van der Waals surface area (Å²) in [5.74, 6) is 0.191. The Kier molecular flexibility index (Phi) is 1.50. The van der Waals surface area contributed by atoms with Gasteiger partial charge in [0.05, 0.1) is 6.20 Å². The lowest BCUT2D eigenvalue weighted by Gasteiger charge is -1.93. The van der Waals surface area contributed by atoms with Gasteiger partial charge in [-0.15, -0.1) is 0 Å². The minimum absolute atomic E-state index is 0.191. The molecule has 2 N–H and O–H groups in total. The molecule has 0 aliphatic heterocycles. The zero-order chi connectivity index (χ0) is 8.55. The van der Waals surface area contributed by atoms with Gasteiger partial charge in [0.15, 0.2) is 0 Å². The maximum absolute atomic E-state index is 9.17. The minimum Gasteiger partial charge on any atom is -0.506 e. The Morgan fingerprint density at radius 1 is 1.58 bits per heavy atom. The number of aromatic amines is 1. The molecule has 2 aromatic rings. The Morgan fingerprint density at radius 2 is 2.42 bits per heavy atom. The molecule has 0 amide bonds. The van der Waals surface area contributed by atoms with Crippen molar-refractivity contribution in [2.75, 3.05) is 0 Å². The van der Waals surface area contributed by atoms with E-state index in [1.54, 1.807) is 6.07 Å². The minimum atomic E-state index is 0.191. The topological polar surface area (TPSA) is 48.9 Å². The summed E-state index contributed by atoms with van der Waals surface area (Å²) in [4.78, 5) is 7.02. The lowest BCUT2D eigenvalue weighted by Crippen LogP contribution is -1.77. The Morgan fingerprint density at radius 3 is 3.17 bits per heavy atom. The van der Waals surface area contributed by atoms with Crippen LogP contribution in [0.25, 0.3) is 11.0 Å². The summed E-state index contributed by atoms with van der Waals surface area (Å²) in [5, 5.41) is 10.1. The van der Waals surface area contributed by atoms with E-state index >= 15 is 0 Å². The highest BCUT2D eigenvalue weighted by molar-refractivity contribution is 5.80. The van der Waals surface area contributed by atoms with Crippen LogP contribution in [0.5, 0.6) is 5.75 Å². The summed E-state index contributed by atoms with van der Waals surface area (Å²) in [6, 6.07) is 1.69. The molecule has 0 atom stereocenters. The molecule has 0 bridgehead atoms. The van der Waals surface area contributed by atoms with Crippen molar-refractivity contribution in [1.29, 1.82) is 0 Å². The first kappa shape index (κ1) is 7.16. The van der Waals surface area contributed by atoms with Crippen LogP contribution in [0.2, 0.25) is 0 Å². The van der Waals surface area contributed by atoms with Crippen molar-refractivity contribution in [3.63, 3.8) is 0 Å². The van der Waals surface area contributed by atoms with Gasteiger partial charge in [-0.1, -0.05) is 0 Å². The van der Waals surface area contributed by atoms with Gasteiger partial charge in [-0.05, 0) is 25.0 Å². The predicted molar refractivity (Wildman–Crippen MR) is 46.8 cm³/mol. The molecule has 0 unspecified atom stereocenters. The Hall–Kier alpha value is -1.51. The number of pyridine rings is 1. The van der Waals surface area contributed by atoms with Crippen LogP contribution < -0.4 is 0 Å². The van der Waals surface area contributed by atoms with E-state index < -0.39 is 0 Å². The van der Waals surface area contributed by atoms with Crippen LogP contribution in [-0.2, 0) is 6.42 Å². The number of aromatic hydroxyl groups is 1. The average Bonchev–Trinajstić information content (AvgIpc) is 2.46. The molecule has 12 heavy (non-hydrogen) atoms. The fraction of sp³-hybridized carbons (Fsp3) is 0.111. The molecule has 0 aliphatic carbocycles. The van der Waals surface area contributed by atoms with Crippen molar-refractivity contribution in [2.45, 2.75) is 6.42 Å². The first-order valence-corrected chi connectivity index (χ1v) is 3.75. The standard InChI is InChI=1S/C9H9N2O/c1-2-6-4-10-9-8(6)3-7(12)5-11-9/h3-5,12H,1-2H2,(H,10,11). The van der Waals surface area contributed by atoms with Gasteiger partial charge in [-0.25, -0.2) is 4.98 Å². The van der Waals surface area contributed by atoms with Gasteiger partial charge in [0, 0.05) is 11.6 Å². The van der Waals surface area contributed by atoms with Crippen LogP contribution in [0, 0.1) is 6.92 Å². The fourth-order valence-corrected chi connectivity index (χ4v) is 1.25. The molecule has 0 fully saturated rings. The van der Waals surface area contributed by atoms with E-state index in [2.05, 4.69) is 16.9 Å². The third-order valence-electron chi connectivity index (χ3n) is 1.87. The molecule has 3 heteroatoms. The van der Waals surface area contributed by atoms with Gasteiger partial charge in [-0.3, -0.25) is 0 Å². The second kappa shape index (κ2) is 2.52. The molecule has 2 heterocycles. The molecule has 0 saturated carbocycles. The van der Waals surface area contributed by atoms with Gasteiger partial charge < -0.3 is 10.1 Å². The Balaban J connectivity index is 2.75. The van der Waals surface area contributed by atoms with E-state index in [1.165, 1.54) is 6.20 Å². The smallest absolute Gasteiger partial charge is 0.137 e. The first-order valence-electron chi connectivity index (χ1n) is 3.75. The second-order valence-electron chi connectivity index (χ2n) is 2.65. The summed E-state index contributed by atoms with van der Waals surface area (Å²) >= 11 is 0. The van der Waals surface area contributed by atoms with Crippen LogP contribution in [-0.4, -0.2) is 15.1 Å². The molecule has 1 radical (unpaired) electrons. The predicted octanol–water partition coefficient (Wildman–Crippen LogP) is 1.65. The molecular formula is C9H9N2O. The largest absolute Gasteiger partial charge is 0.506 e. The van der Waals surface area contributed by atoms with Gasteiger partial charge in [0.1, 0.15) is 11.4 Å². The summed E-state index contributed by atoms with van der Waals surface area (Å²) < 4.78 is 0. The summed E-state index contributed by atoms with van der Waals surface area (Å²) in [6.45, 7) is 3.78. The molecule has 0 aromatic carbocycles. The summed E-state index contributed by atoms with van der Waals surface area (Å²) in [5.41, 5.74) is 1.87. The Bertz CT molecular complexity index is 406. The highest BCUT2D eigenvalue weighted by atomic mass is 16.3. The average molecular weight is 161 g/mol. The van der Waals surface area contributed by atoms with E-state index in [0.29, 0.717) is 6.42 Å². The van der Waals surface area contributed by atoms with Crippen LogP contribution in [0.15, 0.2) is 18.5 Å². The quantitative estimate of drug-likeness (QED) is 0.668. The van der Waals surface area contributed by atoms with Crippen LogP contribution in [0.4, 0.5) is 0 Å². The van der Waals surface area contributed by atoms with Crippen molar-refractivity contribution in [3.05, 3.63) is 30.9 Å². The first-order chi connectivity index (χ1) is 5.81. The van der Waals surface area contributed by atoms with Crippen molar-refractivity contribution < 1.29 is 5.11 Å². The number of nitrogens with zero attached hydrogens (tertiary/aromatic N) is 1. The lowest BCUT2D eigenvalue weighted by molar-refractivity contribution is 0.474. The number of aromatic nitrogens is 2. The van der Waals surface area contributed by atoms with Crippen molar-refractivity contribution >= 4 is 11.0 Å². The molecule has 3 nitrogen and oxygen atoms in total. The number of H-pyrrole nitrogens is 1. The molecule has 0 saturated heterocycles. The van der Waals surface area contributed by atoms with Crippen LogP contribution in [0.1, 0.15) is 5.56 Å². The number of hydrogen-bond donors (Lipinski definition) is 2. The highest BCUT2D eigenvalue weighted by Crippen LogP contribution is 2.20. The lowest BCUT2D eigenvalue weighted by atomic mass is 10.2. The van der Waals surface area contributed by atoms with E-state index in [-0.39, 0.29) is 5.75 Å². The summed E-state index contributed by atoms with van der Waals surface area (Å²) in [6.07, 6.45) is 3.99. The highest BCUT2D eigenvalue weighted by Gasteiger charge is 2.02. The fourth-order valence-electron chi connectivity index (χ4n) is 1.25. The van der Waals surface area contributed by atoms with Crippen LogP contribution in [0.3, 0.4) is 0 Å². The van der Waals surface area contributed by atoms with Crippen molar-refractivity contribution in [2.24, 2.45) is 0 Å². The third-order valence-corrected chi connectivity index (χ3v) is 1.87. The normalized spacial score (nSPS) is 10.8. The summed E-state index contributed by atoms with van der Waals surface area (Å²) in [7, 11) is 0. The van der Waals surface area contributed by atoms with Crippen LogP contribution >= 0.6 is 0 Å². The van der Waals surface area contributed by atoms with Gasteiger partial charge in [0.25, 0.3) is 0 Å². The van der Waals surface area contributed by atoms with E-state index in [9.17, 15) is 5.11 Å². The zero-order valence-corrected chi connectivity index (χ0v) is 6.54. The van der Waals surface area contributed by atoms with Crippen molar-refractivity contribution in [3.8, 4) is 5.75 Å². The van der Waals surface area contributed by atoms with E-state index in [0.717, 1.165) is 16.6 Å². The third kappa shape index (κ3) is 0.942. The zero-order valence-electron chi connectivity index (χ0n) is 6.54. The van der Waals surface area contributed by atoms with Gasteiger partial charge in [-0.2, -0.15) is 0 Å². The molecular weight excluding hydrogens is 152 g/mol. The second-order valence-corrected chi connectivity index (χ2v) is 2.65. The Labute approximate surface area is 70.1 Å². The van der Waals surface area contributed by atoms with Crippen molar-refractivity contribution in [1.82, 2.24) is 9.97 Å².